The van der Waals surface area contributed by atoms with Crippen molar-refractivity contribution >= 4 is 27.7 Å². The quantitative estimate of drug-likeness (QED) is 0.810. The van der Waals surface area contributed by atoms with Crippen molar-refractivity contribution in [3.8, 4) is 0 Å². The summed E-state index contributed by atoms with van der Waals surface area (Å²) in [7, 11) is 3.67. The molecule has 1 aromatic rings. The van der Waals surface area contributed by atoms with Gasteiger partial charge in [0.2, 0.25) is 5.91 Å². The summed E-state index contributed by atoms with van der Waals surface area (Å²) in [5, 5.41) is 0. The molecule has 2 atom stereocenters. The van der Waals surface area contributed by atoms with Gasteiger partial charge in [0.15, 0.2) is 10.4 Å². The minimum Gasteiger partial charge on any atom is -0.444 e. The van der Waals surface area contributed by atoms with Gasteiger partial charge in [-0.15, -0.1) is 0 Å². The lowest BCUT2D eigenvalue weighted by Crippen LogP contribution is -2.59. The molecule has 0 bridgehead atoms. The molecule has 22 heavy (non-hydrogen) atoms. The fourth-order valence-electron chi connectivity index (χ4n) is 3.05. The summed E-state index contributed by atoms with van der Waals surface area (Å²) in [4.78, 5) is 30.3. The van der Waals surface area contributed by atoms with E-state index in [0.717, 1.165) is 13.1 Å². The fourth-order valence-corrected chi connectivity index (χ4v) is 3.36. The maximum Gasteiger partial charge on any atom is 0.289 e. The van der Waals surface area contributed by atoms with Gasteiger partial charge in [-0.1, -0.05) is 0 Å². The third-order valence-electron chi connectivity index (χ3n) is 3.89. The van der Waals surface area contributed by atoms with Gasteiger partial charge in [0, 0.05) is 32.2 Å². The summed E-state index contributed by atoms with van der Waals surface area (Å²) in [5.74, 6) is -0.107. The number of nitrogens with zero attached hydrogens (tertiary/aromatic N) is 3. The van der Waals surface area contributed by atoms with Gasteiger partial charge < -0.3 is 19.1 Å². The van der Waals surface area contributed by atoms with Gasteiger partial charge in [0.25, 0.3) is 5.91 Å². The van der Waals surface area contributed by atoms with Gasteiger partial charge in [-0.25, -0.2) is 0 Å². The van der Waals surface area contributed by atoms with E-state index >= 15 is 0 Å². The number of rotatable bonds is 3. The molecule has 0 spiro atoms. The molecule has 1 fully saturated rings. The maximum atomic E-state index is 12.6. The molecule has 7 heteroatoms. The van der Waals surface area contributed by atoms with Gasteiger partial charge >= 0.3 is 0 Å². The van der Waals surface area contributed by atoms with Crippen LogP contribution in [-0.4, -0.2) is 72.3 Å². The Balaban J connectivity index is 2.00. The lowest BCUT2D eigenvalue weighted by molar-refractivity contribution is -0.139. The molecule has 0 aliphatic carbocycles. The van der Waals surface area contributed by atoms with Gasteiger partial charge in [0.1, 0.15) is 0 Å². The topological polar surface area (TPSA) is 57.0 Å². The molecule has 0 aromatic carbocycles. The van der Waals surface area contributed by atoms with Crippen molar-refractivity contribution in [1.82, 2.24) is 14.7 Å². The molecule has 1 saturated heterocycles. The van der Waals surface area contributed by atoms with Crippen molar-refractivity contribution in [3.05, 3.63) is 22.6 Å². The molecule has 0 radical (unpaired) electrons. The minimum atomic E-state index is -0.298. The largest absolute Gasteiger partial charge is 0.444 e. The van der Waals surface area contributed by atoms with Crippen LogP contribution in [0.15, 0.2) is 21.2 Å². The van der Waals surface area contributed by atoms with Gasteiger partial charge in [-0.05, 0) is 49.0 Å². The Morgan fingerprint density at radius 1 is 1.32 bits per heavy atom. The highest BCUT2D eigenvalue weighted by atomic mass is 79.9. The van der Waals surface area contributed by atoms with Crippen LogP contribution >= 0.6 is 15.9 Å². The zero-order chi connectivity index (χ0) is 16.4. The second kappa shape index (κ2) is 6.83. The number of furan rings is 1. The summed E-state index contributed by atoms with van der Waals surface area (Å²) >= 11 is 3.17. The van der Waals surface area contributed by atoms with E-state index < -0.39 is 0 Å². The lowest BCUT2D eigenvalue weighted by atomic mass is 10.1. The van der Waals surface area contributed by atoms with Crippen molar-refractivity contribution < 1.29 is 14.0 Å². The van der Waals surface area contributed by atoms with E-state index in [2.05, 4.69) is 27.9 Å². The molecule has 6 nitrogen and oxygen atoms in total. The Kier molecular flexibility index (Phi) is 5.28. The Bertz CT molecular complexity index is 548. The number of hydrogen-bond acceptors (Lipinski definition) is 4. The number of piperazine rings is 1. The van der Waals surface area contributed by atoms with E-state index in [0.29, 0.717) is 4.67 Å². The maximum absolute atomic E-state index is 12.6. The van der Waals surface area contributed by atoms with Crippen LogP contribution in [0.2, 0.25) is 0 Å². The monoisotopic (exact) mass is 371 g/mol. The number of carbonyl (C=O) groups is 2. The average Bonchev–Trinajstić information content (AvgIpc) is 2.83. The molecule has 2 unspecified atom stereocenters. The summed E-state index contributed by atoms with van der Waals surface area (Å²) in [6.07, 6.45) is 0. The van der Waals surface area contributed by atoms with Crippen LogP contribution in [0.5, 0.6) is 0 Å². The molecule has 2 heterocycles. The minimum absolute atomic E-state index is 0.0328. The molecule has 0 saturated carbocycles. The van der Waals surface area contributed by atoms with E-state index in [1.807, 2.05) is 18.7 Å². The smallest absolute Gasteiger partial charge is 0.289 e. The average molecular weight is 372 g/mol. The first-order chi connectivity index (χ1) is 10.3. The number of hydrogen-bond donors (Lipinski definition) is 0. The molecule has 1 aliphatic heterocycles. The highest BCUT2D eigenvalue weighted by Gasteiger charge is 2.32. The lowest BCUT2D eigenvalue weighted by Gasteiger charge is -2.43. The second-order valence-electron chi connectivity index (χ2n) is 5.99. The van der Waals surface area contributed by atoms with Crippen LogP contribution in [0.4, 0.5) is 0 Å². The van der Waals surface area contributed by atoms with E-state index in [1.165, 1.54) is 4.90 Å². The highest BCUT2D eigenvalue weighted by Crippen LogP contribution is 2.17. The Hall–Kier alpha value is -1.34. The van der Waals surface area contributed by atoms with Crippen molar-refractivity contribution in [2.45, 2.75) is 25.9 Å². The zero-order valence-corrected chi connectivity index (χ0v) is 15.0. The summed E-state index contributed by atoms with van der Waals surface area (Å²) in [6, 6.07) is 3.53. The number of likely N-dealkylation sites (N-methyl/N-ethyl adjacent to an activating group) is 2. The molecule has 1 aliphatic rings. The summed E-state index contributed by atoms with van der Waals surface area (Å²) < 4.78 is 5.74. The van der Waals surface area contributed by atoms with E-state index in [9.17, 15) is 9.59 Å². The van der Waals surface area contributed by atoms with Gasteiger partial charge in [0.05, 0.1) is 6.54 Å². The standard InChI is InChI=1S/C15H22BrN3O3/c1-10-7-17(3)8-11(2)19(10)14(20)9-18(4)15(21)12-5-6-13(16)22-12/h5-6,10-11H,7-9H2,1-4H3. The van der Waals surface area contributed by atoms with E-state index in [4.69, 9.17) is 4.42 Å². The third kappa shape index (κ3) is 3.70. The number of carbonyl (C=O) groups excluding carboxylic acids is 2. The highest BCUT2D eigenvalue weighted by molar-refractivity contribution is 9.10. The van der Waals surface area contributed by atoms with Crippen LogP contribution in [0.25, 0.3) is 0 Å². The molecule has 2 rings (SSSR count). The van der Waals surface area contributed by atoms with Crippen LogP contribution in [0.3, 0.4) is 0 Å². The second-order valence-corrected chi connectivity index (χ2v) is 6.77. The SMILES string of the molecule is CC1CN(C)CC(C)N1C(=O)CN(C)C(=O)c1ccc(Br)o1. The summed E-state index contributed by atoms with van der Waals surface area (Å²) in [5.41, 5.74) is 0. The van der Waals surface area contributed by atoms with E-state index in [1.54, 1.807) is 19.2 Å². The molecular weight excluding hydrogens is 350 g/mol. The molecular formula is C15H22BrN3O3. The van der Waals surface area contributed by atoms with Gasteiger partial charge in [-0.2, -0.15) is 0 Å². The van der Waals surface area contributed by atoms with Crippen LogP contribution in [-0.2, 0) is 4.79 Å². The first-order valence-corrected chi connectivity index (χ1v) is 8.09. The molecule has 2 amide bonds. The van der Waals surface area contributed by atoms with Crippen molar-refractivity contribution in [3.63, 3.8) is 0 Å². The third-order valence-corrected chi connectivity index (χ3v) is 4.32. The molecule has 0 N–H and O–H groups in total. The molecule has 1 aromatic heterocycles. The van der Waals surface area contributed by atoms with Crippen molar-refractivity contribution in [2.24, 2.45) is 0 Å². The number of halogens is 1. The Labute approximate surface area is 139 Å². The van der Waals surface area contributed by atoms with Crippen molar-refractivity contribution in [2.75, 3.05) is 33.7 Å². The fraction of sp³-hybridized carbons (Fsp3) is 0.600. The van der Waals surface area contributed by atoms with Crippen LogP contribution in [0, 0.1) is 0 Å². The van der Waals surface area contributed by atoms with Crippen molar-refractivity contribution in [1.29, 1.82) is 0 Å². The normalized spacial score (nSPS) is 22.7. The zero-order valence-electron chi connectivity index (χ0n) is 13.4. The molecule has 122 valence electrons. The number of amides is 2. The predicted octanol–water partition coefficient (Wildman–Crippen LogP) is 1.67. The van der Waals surface area contributed by atoms with Gasteiger partial charge in [-0.3, -0.25) is 9.59 Å². The predicted molar refractivity (Wildman–Crippen MR) is 86.6 cm³/mol. The van der Waals surface area contributed by atoms with Crippen LogP contribution in [0.1, 0.15) is 24.4 Å². The Morgan fingerprint density at radius 2 is 1.91 bits per heavy atom. The first kappa shape index (κ1) is 17.0. The van der Waals surface area contributed by atoms with Crippen LogP contribution < -0.4 is 0 Å². The van der Waals surface area contributed by atoms with E-state index in [-0.39, 0.29) is 36.2 Å². The Morgan fingerprint density at radius 3 is 2.41 bits per heavy atom. The summed E-state index contributed by atoms with van der Waals surface area (Å²) in [6.45, 7) is 5.82. The first-order valence-electron chi connectivity index (χ1n) is 7.30.